The van der Waals surface area contributed by atoms with Crippen LogP contribution in [0.2, 0.25) is 0 Å². The van der Waals surface area contributed by atoms with Gasteiger partial charge in [0.15, 0.2) is 0 Å². The minimum Gasteiger partial charge on any atom is -0.369 e. The molecule has 2 aromatic heterocycles. The maximum absolute atomic E-state index is 14.9. The van der Waals surface area contributed by atoms with E-state index in [1.165, 1.54) is 32.9 Å². The third-order valence-corrected chi connectivity index (χ3v) is 7.55. The fourth-order valence-electron chi connectivity index (χ4n) is 4.74. The number of aromatic nitrogens is 3. The molecule has 41 heavy (non-hydrogen) atoms. The number of nitrogens with one attached hydrogen (secondary N) is 2. The largest absolute Gasteiger partial charge is 0.369 e. The standard InChI is InChI=1S/C29H29FIN5O5/c1-15(2)41-14-23(37)32-18-6-5-7-20(13-18)35-25-16(3)27(38)34(4)26(33-22-11-8-17(31)12-21(22)30)24(25)28(39)36(29(35)40)19-9-10-19/h5-8,11-13,15,19,33H,9-10,14H2,1-4H3,(H,32,37). The average Bonchev–Trinajstić information content (AvgIpc) is 3.75. The molecule has 0 bridgehead atoms. The number of anilines is 3. The summed E-state index contributed by atoms with van der Waals surface area (Å²) < 4.78 is 24.7. The van der Waals surface area contributed by atoms with Crippen molar-refractivity contribution in [3.8, 4) is 5.69 Å². The highest BCUT2D eigenvalue weighted by Crippen LogP contribution is 2.34. The number of carbonyl (C=O) groups excluding carboxylic acids is 1. The van der Waals surface area contributed by atoms with Gasteiger partial charge in [0.2, 0.25) is 5.91 Å². The summed E-state index contributed by atoms with van der Waals surface area (Å²) in [6.45, 7) is 5.05. The molecule has 0 saturated heterocycles. The van der Waals surface area contributed by atoms with E-state index in [1.54, 1.807) is 37.3 Å². The summed E-state index contributed by atoms with van der Waals surface area (Å²) in [5.74, 6) is -0.856. The van der Waals surface area contributed by atoms with E-state index in [0.29, 0.717) is 27.8 Å². The van der Waals surface area contributed by atoms with Crippen molar-refractivity contribution in [3.05, 3.63) is 88.6 Å². The van der Waals surface area contributed by atoms with Gasteiger partial charge in [0.05, 0.1) is 23.0 Å². The molecule has 0 radical (unpaired) electrons. The van der Waals surface area contributed by atoms with Gasteiger partial charge < -0.3 is 15.4 Å². The van der Waals surface area contributed by atoms with Crippen molar-refractivity contribution in [2.45, 2.75) is 45.8 Å². The summed E-state index contributed by atoms with van der Waals surface area (Å²) in [6.07, 6.45) is 1.19. The Morgan fingerprint density at radius 3 is 2.51 bits per heavy atom. The molecule has 1 amide bonds. The van der Waals surface area contributed by atoms with E-state index in [4.69, 9.17) is 4.74 Å². The molecule has 1 saturated carbocycles. The van der Waals surface area contributed by atoms with E-state index < -0.39 is 22.6 Å². The van der Waals surface area contributed by atoms with Crippen LogP contribution >= 0.6 is 22.6 Å². The zero-order valence-electron chi connectivity index (χ0n) is 23.0. The molecule has 10 nitrogen and oxygen atoms in total. The van der Waals surface area contributed by atoms with Gasteiger partial charge in [0, 0.05) is 27.9 Å². The molecule has 2 aromatic carbocycles. The molecule has 12 heteroatoms. The van der Waals surface area contributed by atoms with Crippen molar-refractivity contribution < 1.29 is 13.9 Å². The SMILES string of the molecule is Cc1c(=O)n(C)c(Nc2ccc(I)cc2F)c2c(=O)n(C3CC3)c(=O)n(-c3cccc(NC(=O)COC(C)C)c3)c12. The van der Waals surface area contributed by atoms with Crippen molar-refractivity contribution >= 4 is 56.6 Å². The van der Waals surface area contributed by atoms with E-state index in [1.807, 2.05) is 36.4 Å². The van der Waals surface area contributed by atoms with E-state index in [9.17, 15) is 23.6 Å². The lowest BCUT2D eigenvalue weighted by atomic mass is 10.1. The summed E-state index contributed by atoms with van der Waals surface area (Å²) in [4.78, 5) is 53.7. The number of fused-ring (bicyclic) bond motifs is 1. The van der Waals surface area contributed by atoms with Crippen LogP contribution in [0.1, 0.15) is 38.3 Å². The highest BCUT2D eigenvalue weighted by Gasteiger charge is 2.31. The first kappa shape index (κ1) is 28.7. The summed E-state index contributed by atoms with van der Waals surface area (Å²) >= 11 is 1.99. The molecule has 0 atom stereocenters. The minimum absolute atomic E-state index is 0.0687. The lowest BCUT2D eigenvalue weighted by Crippen LogP contribution is -2.41. The highest BCUT2D eigenvalue weighted by molar-refractivity contribution is 14.1. The summed E-state index contributed by atoms with van der Waals surface area (Å²) in [5, 5.41) is 5.79. The van der Waals surface area contributed by atoms with Crippen LogP contribution in [0.5, 0.6) is 0 Å². The van der Waals surface area contributed by atoms with Crippen LogP contribution in [0.4, 0.5) is 21.6 Å². The third-order valence-electron chi connectivity index (χ3n) is 6.88. The second-order valence-corrected chi connectivity index (χ2v) is 11.5. The fourth-order valence-corrected chi connectivity index (χ4v) is 5.19. The molecule has 1 aliphatic carbocycles. The monoisotopic (exact) mass is 673 g/mol. The third kappa shape index (κ3) is 5.58. The molecule has 5 rings (SSSR count). The van der Waals surface area contributed by atoms with E-state index in [0.717, 1.165) is 0 Å². The molecular formula is C29H29FIN5O5. The highest BCUT2D eigenvalue weighted by atomic mass is 127. The molecule has 0 spiro atoms. The Bertz CT molecular complexity index is 1870. The number of amides is 1. The molecule has 214 valence electrons. The first-order valence-electron chi connectivity index (χ1n) is 13.1. The maximum atomic E-state index is 14.9. The summed E-state index contributed by atoms with van der Waals surface area (Å²) in [5.41, 5.74) is -0.504. The smallest absolute Gasteiger partial charge is 0.336 e. The quantitative estimate of drug-likeness (QED) is 0.269. The van der Waals surface area contributed by atoms with Gasteiger partial charge in [-0.05, 0) is 92.6 Å². The number of carbonyl (C=O) groups is 1. The minimum atomic E-state index is -0.598. The predicted molar refractivity (Wildman–Crippen MR) is 164 cm³/mol. The number of hydrogen-bond donors (Lipinski definition) is 2. The van der Waals surface area contributed by atoms with Crippen LogP contribution in [0.25, 0.3) is 16.6 Å². The van der Waals surface area contributed by atoms with Crippen molar-refractivity contribution in [2.24, 2.45) is 7.05 Å². The van der Waals surface area contributed by atoms with Crippen molar-refractivity contribution in [3.63, 3.8) is 0 Å². The molecular weight excluding hydrogens is 644 g/mol. The van der Waals surface area contributed by atoms with Gasteiger partial charge in [-0.2, -0.15) is 0 Å². The van der Waals surface area contributed by atoms with Crippen molar-refractivity contribution in [1.29, 1.82) is 0 Å². The molecule has 2 heterocycles. The van der Waals surface area contributed by atoms with Crippen LogP contribution in [0.15, 0.2) is 56.8 Å². The van der Waals surface area contributed by atoms with Crippen LogP contribution in [-0.2, 0) is 16.6 Å². The normalized spacial score (nSPS) is 13.1. The topological polar surface area (TPSA) is 116 Å². The Labute approximate surface area is 247 Å². The lowest BCUT2D eigenvalue weighted by molar-refractivity contribution is -0.121. The van der Waals surface area contributed by atoms with E-state index in [-0.39, 0.29) is 52.6 Å². The summed E-state index contributed by atoms with van der Waals surface area (Å²) in [7, 11) is 1.49. The van der Waals surface area contributed by atoms with Gasteiger partial charge in [0.1, 0.15) is 23.6 Å². The number of hydrogen-bond acceptors (Lipinski definition) is 6. The maximum Gasteiger partial charge on any atom is 0.336 e. The van der Waals surface area contributed by atoms with Gasteiger partial charge >= 0.3 is 5.69 Å². The van der Waals surface area contributed by atoms with Gasteiger partial charge in [-0.1, -0.05) is 6.07 Å². The van der Waals surface area contributed by atoms with E-state index in [2.05, 4.69) is 10.6 Å². The first-order chi connectivity index (χ1) is 19.5. The fraction of sp³-hybridized carbons (Fsp3) is 0.310. The van der Waals surface area contributed by atoms with Crippen molar-refractivity contribution in [2.75, 3.05) is 17.2 Å². The van der Waals surface area contributed by atoms with Crippen LogP contribution < -0.4 is 27.4 Å². The number of aryl methyl sites for hydroxylation is 1. The number of rotatable bonds is 8. The molecule has 1 aliphatic rings. The molecule has 1 fully saturated rings. The Morgan fingerprint density at radius 1 is 1.12 bits per heavy atom. The Kier molecular flexibility index (Phi) is 7.88. The second kappa shape index (κ2) is 11.2. The van der Waals surface area contributed by atoms with Gasteiger partial charge in [-0.3, -0.25) is 28.1 Å². The zero-order valence-corrected chi connectivity index (χ0v) is 25.1. The van der Waals surface area contributed by atoms with Gasteiger partial charge in [-0.15, -0.1) is 0 Å². The molecule has 4 aromatic rings. The number of nitrogens with zero attached hydrogens (tertiary/aromatic N) is 3. The predicted octanol–water partition coefficient (Wildman–Crippen LogP) is 4.35. The summed E-state index contributed by atoms with van der Waals surface area (Å²) in [6, 6.07) is 10.9. The van der Waals surface area contributed by atoms with Crippen molar-refractivity contribution in [1.82, 2.24) is 13.7 Å². The Balaban J connectivity index is 1.77. The molecule has 0 aliphatic heterocycles. The number of pyridine rings is 1. The number of benzene rings is 2. The van der Waals surface area contributed by atoms with Gasteiger partial charge in [0.25, 0.3) is 11.1 Å². The second-order valence-electron chi connectivity index (χ2n) is 10.3. The Hall–Kier alpha value is -3.78. The average molecular weight is 673 g/mol. The molecule has 2 N–H and O–H groups in total. The Morgan fingerprint density at radius 2 is 1.85 bits per heavy atom. The number of halogens is 2. The lowest BCUT2D eigenvalue weighted by Gasteiger charge is -2.21. The first-order valence-corrected chi connectivity index (χ1v) is 14.2. The van der Waals surface area contributed by atoms with Crippen LogP contribution in [0.3, 0.4) is 0 Å². The number of ether oxygens (including phenoxy) is 1. The van der Waals surface area contributed by atoms with Crippen LogP contribution in [-0.4, -0.2) is 32.3 Å². The van der Waals surface area contributed by atoms with Gasteiger partial charge in [-0.25, -0.2) is 9.18 Å². The zero-order chi connectivity index (χ0) is 29.6. The molecule has 0 unspecified atom stereocenters. The van der Waals surface area contributed by atoms with E-state index >= 15 is 0 Å². The van der Waals surface area contributed by atoms with Crippen LogP contribution in [0, 0.1) is 16.3 Å².